The maximum atomic E-state index is 11.9. The third-order valence-electron chi connectivity index (χ3n) is 3.14. The number of carbonyl (C=O) groups excluding carboxylic acids is 2. The van der Waals surface area contributed by atoms with Gasteiger partial charge in [0.25, 0.3) is 5.91 Å². The molecule has 0 radical (unpaired) electrons. The number of nitrogens with zero attached hydrogens (tertiary/aromatic N) is 1. The standard InChI is InChI=1S/C17H18N2O3/c1-12(16-5-3-4-10-18-16)19-17(21)11-22-15-8-6-14(7-9-15)13(2)20/h3-10,12H,11H2,1-2H3,(H,19,21). The summed E-state index contributed by atoms with van der Waals surface area (Å²) in [5, 5.41) is 2.82. The number of hydrogen-bond acceptors (Lipinski definition) is 4. The second-order valence-electron chi connectivity index (χ2n) is 4.91. The summed E-state index contributed by atoms with van der Waals surface area (Å²) in [7, 11) is 0. The number of carbonyl (C=O) groups is 2. The highest BCUT2D eigenvalue weighted by Gasteiger charge is 2.10. The number of ether oxygens (including phenoxy) is 1. The van der Waals surface area contributed by atoms with E-state index in [9.17, 15) is 9.59 Å². The molecule has 1 atom stereocenters. The predicted molar refractivity (Wildman–Crippen MR) is 82.7 cm³/mol. The zero-order chi connectivity index (χ0) is 15.9. The van der Waals surface area contributed by atoms with E-state index in [0.29, 0.717) is 11.3 Å². The van der Waals surface area contributed by atoms with E-state index < -0.39 is 0 Å². The van der Waals surface area contributed by atoms with E-state index in [0.717, 1.165) is 5.69 Å². The van der Waals surface area contributed by atoms with Crippen LogP contribution in [0.15, 0.2) is 48.7 Å². The number of pyridine rings is 1. The molecule has 0 fully saturated rings. The Kier molecular flexibility index (Phi) is 5.25. The summed E-state index contributed by atoms with van der Waals surface area (Å²) in [5.41, 5.74) is 1.40. The zero-order valence-corrected chi connectivity index (χ0v) is 12.6. The monoisotopic (exact) mass is 298 g/mol. The lowest BCUT2D eigenvalue weighted by atomic mass is 10.1. The van der Waals surface area contributed by atoms with Gasteiger partial charge in [-0.25, -0.2) is 0 Å². The SMILES string of the molecule is CC(=O)c1ccc(OCC(=O)NC(C)c2ccccn2)cc1. The number of benzene rings is 1. The molecule has 1 unspecified atom stereocenters. The molecule has 1 N–H and O–H groups in total. The molecule has 0 saturated carbocycles. The van der Waals surface area contributed by atoms with Crippen molar-refractivity contribution in [2.24, 2.45) is 0 Å². The first-order valence-corrected chi connectivity index (χ1v) is 7.00. The number of Topliss-reactive ketones (excluding diaryl/α,β-unsaturated/α-hetero) is 1. The predicted octanol–water partition coefficient (Wildman–Crippen LogP) is 2.54. The Hall–Kier alpha value is -2.69. The molecular formula is C17H18N2O3. The van der Waals surface area contributed by atoms with Crippen molar-refractivity contribution in [3.8, 4) is 5.75 Å². The number of ketones is 1. The maximum absolute atomic E-state index is 11.9. The molecule has 1 aromatic heterocycles. The van der Waals surface area contributed by atoms with Crippen LogP contribution in [0.3, 0.4) is 0 Å². The average molecular weight is 298 g/mol. The molecule has 1 aromatic carbocycles. The van der Waals surface area contributed by atoms with Crippen molar-refractivity contribution in [3.05, 3.63) is 59.9 Å². The third kappa shape index (κ3) is 4.41. The highest BCUT2D eigenvalue weighted by atomic mass is 16.5. The molecular weight excluding hydrogens is 280 g/mol. The third-order valence-corrected chi connectivity index (χ3v) is 3.14. The van der Waals surface area contributed by atoms with Crippen LogP contribution in [0.5, 0.6) is 5.75 Å². The molecule has 0 saturated heterocycles. The summed E-state index contributed by atoms with van der Waals surface area (Å²) in [6, 6.07) is 12.1. The van der Waals surface area contributed by atoms with Gasteiger partial charge in [-0.2, -0.15) is 0 Å². The molecule has 5 heteroatoms. The summed E-state index contributed by atoms with van der Waals surface area (Å²) in [6.45, 7) is 3.28. The Bertz CT molecular complexity index is 639. The van der Waals surface area contributed by atoms with Crippen molar-refractivity contribution in [1.29, 1.82) is 0 Å². The lowest BCUT2D eigenvalue weighted by Crippen LogP contribution is -2.31. The first kappa shape index (κ1) is 15.7. The molecule has 0 aliphatic rings. The number of hydrogen-bond donors (Lipinski definition) is 1. The fourth-order valence-corrected chi connectivity index (χ4v) is 1.92. The molecule has 5 nitrogen and oxygen atoms in total. The van der Waals surface area contributed by atoms with Crippen LogP contribution in [0.25, 0.3) is 0 Å². The second kappa shape index (κ2) is 7.36. The Balaban J connectivity index is 1.83. The Morgan fingerprint density at radius 1 is 1.18 bits per heavy atom. The van der Waals surface area contributed by atoms with Gasteiger partial charge in [0, 0.05) is 11.8 Å². The molecule has 2 aromatic rings. The van der Waals surface area contributed by atoms with Gasteiger partial charge in [0.05, 0.1) is 11.7 Å². The minimum Gasteiger partial charge on any atom is -0.484 e. The van der Waals surface area contributed by atoms with Crippen LogP contribution in [0, 0.1) is 0 Å². The molecule has 2 rings (SSSR count). The molecule has 0 bridgehead atoms. The molecule has 1 heterocycles. The van der Waals surface area contributed by atoms with E-state index in [2.05, 4.69) is 10.3 Å². The summed E-state index contributed by atoms with van der Waals surface area (Å²) in [4.78, 5) is 27.2. The highest BCUT2D eigenvalue weighted by Crippen LogP contribution is 2.13. The lowest BCUT2D eigenvalue weighted by molar-refractivity contribution is -0.123. The lowest BCUT2D eigenvalue weighted by Gasteiger charge is -2.13. The van der Waals surface area contributed by atoms with E-state index in [1.165, 1.54) is 6.92 Å². The van der Waals surface area contributed by atoms with E-state index in [1.54, 1.807) is 30.5 Å². The zero-order valence-electron chi connectivity index (χ0n) is 12.6. The minimum absolute atomic E-state index is 0.00604. The summed E-state index contributed by atoms with van der Waals surface area (Å²) in [5.74, 6) is 0.313. The van der Waals surface area contributed by atoms with Crippen molar-refractivity contribution in [2.45, 2.75) is 19.9 Å². The fourth-order valence-electron chi connectivity index (χ4n) is 1.92. The van der Waals surface area contributed by atoms with Crippen LogP contribution in [-0.4, -0.2) is 23.3 Å². The second-order valence-corrected chi connectivity index (χ2v) is 4.91. The minimum atomic E-state index is -0.228. The van der Waals surface area contributed by atoms with E-state index in [-0.39, 0.29) is 24.3 Å². The van der Waals surface area contributed by atoms with Gasteiger partial charge in [-0.05, 0) is 50.2 Å². The Morgan fingerprint density at radius 3 is 2.50 bits per heavy atom. The van der Waals surface area contributed by atoms with Crippen molar-refractivity contribution in [3.63, 3.8) is 0 Å². The van der Waals surface area contributed by atoms with Crippen molar-refractivity contribution in [1.82, 2.24) is 10.3 Å². The number of rotatable bonds is 6. The molecule has 114 valence electrons. The molecule has 0 aliphatic carbocycles. The summed E-state index contributed by atoms with van der Waals surface area (Å²) < 4.78 is 5.40. The first-order chi connectivity index (χ1) is 10.6. The fraction of sp³-hybridized carbons (Fsp3) is 0.235. The summed E-state index contributed by atoms with van der Waals surface area (Å²) in [6.07, 6.45) is 1.69. The Morgan fingerprint density at radius 2 is 1.91 bits per heavy atom. The average Bonchev–Trinajstić information content (AvgIpc) is 2.54. The van der Waals surface area contributed by atoms with Crippen molar-refractivity contribution in [2.75, 3.05) is 6.61 Å². The van der Waals surface area contributed by atoms with Crippen molar-refractivity contribution >= 4 is 11.7 Å². The van der Waals surface area contributed by atoms with Gasteiger partial charge in [0.1, 0.15) is 5.75 Å². The van der Waals surface area contributed by atoms with Crippen LogP contribution >= 0.6 is 0 Å². The molecule has 0 spiro atoms. The maximum Gasteiger partial charge on any atom is 0.258 e. The van der Waals surface area contributed by atoms with Gasteiger partial charge in [0.15, 0.2) is 12.4 Å². The van der Waals surface area contributed by atoms with E-state index in [4.69, 9.17) is 4.74 Å². The van der Waals surface area contributed by atoms with Crippen molar-refractivity contribution < 1.29 is 14.3 Å². The number of amides is 1. The molecule has 22 heavy (non-hydrogen) atoms. The smallest absolute Gasteiger partial charge is 0.258 e. The quantitative estimate of drug-likeness (QED) is 0.832. The normalized spacial score (nSPS) is 11.5. The van der Waals surface area contributed by atoms with E-state index >= 15 is 0 Å². The first-order valence-electron chi connectivity index (χ1n) is 7.00. The number of nitrogens with one attached hydrogen (secondary N) is 1. The van der Waals surface area contributed by atoms with Crippen LogP contribution in [0.2, 0.25) is 0 Å². The van der Waals surface area contributed by atoms with Gasteiger partial charge in [0.2, 0.25) is 0 Å². The van der Waals surface area contributed by atoms with Gasteiger partial charge >= 0.3 is 0 Å². The largest absolute Gasteiger partial charge is 0.484 e. The summed E-state index contributed by atoms with van der Waals surface area (Å²) >= 11 is 0. The van der Waals surface area contributed by atoms with Gasteiger partial charge in [-0.3, -0.25) is 14.6 Å². The highest BCUT2D eigenvalue weighted by molar-refractivity contribution is 5.94. The van der Waals surface area contributed by atoms with Crippen LogP contribution < -0.4 is 10.1 Å². The van der Waals surface area contributed by atoms with Gasteiger partial charge in [-0.1, -0.05) is 6.07 Å². The van der Waals surface area contributed by atoms with E-state index in [1.807, 2.05) is 25.1 Å². The molecule has 1 amide bonds. The van der Waals surface area contributed by atoms with Crippen LogP contribution in [-0.2, 0) is 4.79 Å². The number of aromatic nitrogens is 1. The topological polar surface area (TPSA) is 68.3 Å². The Labute approximate surface area is 129 Å². The van der Waals surface area contributed by atoms with Crippen LogP contribution in [0.4, 0.5) is 0 Å². The van der Waals surface area contributed by atoms with Gasteiger partial charge in [-0.15, -0.1) is 0 Å². The molecule has 0 aliphatic heterocycles. The van der Waals surface area contributed by atoms with Gasteiger partial charge < -0.3 is 10.1 Å². The van der Waals surface area contributed by atoms with Crippen LogP contribution in [0.1, 0.15) is 35.9 Å².